The number of primary amides is 1. The van der Waals surface area contributed by atoms with Crippen LogP contribution in [0.25, 0.3) is 0 Å². The van der Waals surface area contributed by atoms with Crippen LogP contribution in [-0.4, -0.2) is 68.7 Å². The Morgan fingerprint density at radius 3 is 2.30 bits per heavy atom. The van der Waals surface area contributed by atoms with E-state index in [-0.39, 0.29) is 35.8 Å². The molecule has 0 aromatic carbocycles. The molecule has 0 atom stereocenters. The third-order valence-electron chi connectivity index (χ3n) is 4.10. The topological polar surface area (TPSA) is 126 Å². The minimum absolute atomic E-state index is 0.00126. The third-order valence-corrected chi connectivity index (χ3v) is 5.87. The minimum atomic E-state index is -3.83. The van der Waals surface area contributed by atoms with Gasteiger partial charge in [-0.25, -0.2) is 8.42 Å². The monoisotopic (exact) mass is 342 g/mol. The lowest BCUT2D eigenvalue weighted by molar-refractivity contribution is -0.138. The van der Waals surface area contributed by atoms with Crippen LogP contribution < -0.4 is 11.1 Å². The highest BCUT2D eigenvalue weighted by molar-refractivity contribution is 7.89. The average molecular weight is 342 g/mol. The van der Waals surface area contributed by atoms with Crippen molar-refractivity contribution in [3.05, 3.63) is 17.9 Å². The van der Waals surface area contributed by atoms with Gasteiger partial charge in [0.2, 0.25) is 11.0 Å². The number of carbonyl (C=O) groups excluding carboxylic acids is 2. The summed E-state index contributed by atoms with van der Waals surface area (Å²) in [5.41, 5.74) is 5.06. The molecule has 0 radical (unpaired) electrons. The molecule has 0 spiro atoms. The van der Waals surface area contributed by atoms with Crippen molar-refractivity contribution in [2.75, 3.05) is 39.3 Å². The molecule has 2 amide bonds. The summed E-state index contributed by atoms with van der Waals surface area (Å²) in [5.74, 6) is -0.956. The zero-order chi connectivity index (χ0) is 16.6. The van der Waals surface area contributed by atoms with Gasteiger partial charge in [-0.15, -0.1) is 0 Å². The van der Waals surface area contributed by atoms with E-state index in [9.17, 15) is 18.0 Å². The van der Waals surface area contributed by atoms with Crippen LogP contribution in [0.15, 0.2) is 21.6 Å². The Balaban J connectivity index is 1.65. The molecule has 2 aliphatic heterocycles. The second kappa shape index (κ2) is 5.95. The highest BCUT2D eigenvalue weighted by Crippen LogP contribution is 2.21. The molecule has 23 heavy (non-hydrogen) atoms. The number of hydrogen-bond acceptors (Lipinski definition) is 6. The molecule has 0 aliphatic carbocycles. The molecule has 1 aromatic rings. The number of hydrogen-bond donors (Lipinski definition) is 2. The number of carbonyl (C=O) groups is 2. The van der Waals surface area contributed by atoms with Crippen LogP contribution in [0.3, 0.4) is 0 Å². The second-order valence-corrected chi connectivity index (χ2v) is 7.44. The van der Waals surface area contributed by atoms with Crippen LogP contribution in [0, 0.1) is 5.92 Å². The van der Waals surface area contributed by atoms with E-state index >= 15 is 0 Å². The molecule has 2 fully saturated rings. The number of piperazine rings is 1. The molecular formula is C13H18N4O5S. The smallest absolute Gasteiger partial charge is 0.284 e. The third kappa shape index (κ3) is 2.96. The predicted molar refractivity (Wildman–Crippen MR) is 78.9 cm³/mol. The number of furan rings is 1. The summed E-state index contributed by atoms with van der Waals surface area (Å²) in [6, 6.07) is 2.45. The highest BCUT2D eigenvalue weighted by Gasteiger charge is 2.35. The van der Waals surface area contributed by atoms with Gasteiger partial charge in [-0.2, -0.15) is 4.31 Å². The number of amides is 2. The van der Waals surface area contributed by atoms with Crippen LogP contribution >= 0.6 is 0 Å². The molecule has 0 unspecified atom stereocenters. The highest BCUT2D eigenvalue weighted by atomic mass is 32.2. The number of nitrogens with one attached hydrogen (secondary N) is 1. The summed E-state index contributed by atoms with van der Waals surface area (Å²) in [5, 5.41) is 2.73. The van der Waals surface area contributed by atoms with Gasteiger partial charge in [0.25, 0.3) is 15.9 Å². The lowest BCUT2D eigenvalue weighted by Crippen LogP contribution is -2.57. The van der Waals surface area contributed by atoms with Crippen molar-refractivity contribution in [1.29, 1.82) is 0 Å². The first-order valence-corrected chi connectivity index (χ1v) is 8.73. The van der Waals surface area contributed by atoms with Gasteiger partial charge in [-0.3, -0.25) is 9.59 Å². The van der Waals surface area contributed by atoms with E-state index in [4.69, 9.17) is 10.2 Å². The van der Waals surface area contributed by atoms with Crippen LogP contribution in [0.4, 0.5) is 0 Å². The average Bonchev–Trinajstić information content (AvgIpc) is 2.96. The maximum absolute atomic E-state index is 12.5. The first-order valence-electron chi connectivity index (χ1n) is 7.29. The van der Waals surface area contributed by atoms with E-state index in [1.807, 2.05) is 0 Å². The number of nitrogens with two attached hydrogens (primary N) is 1. The molecule has 0 bridgehead atoms. The van der Waals surface area contributed by atoms with Gasteiger partial charge >= 0.3 is 0 Å². The minimum Gasteiger partial charge on any atom is -0.438 e. The summed E-state index contributed by atoms with van der Waals surface area (Å²) >= 11 is 0. The number of nitrogens with zero attached hydrogens (tertiary/aromatic N) is 2. The fourth-order valence-electron chi connectivity index (χ4n) is 2.59. The molecule has 1 aromatic heterocycles. The van der Waals surface area contributed by atoms with Crippen LogP contribution in [0.1, 0.15) is 10.6 Å². The van der Waals surface area contributed by atoms with Crippen molar-refractivity contribution in [2.45, 2.75) is 5.09 Å². The molecule has 126 valence electrons. The van der Waals surface area contributed by atoms with Crippen LogP contribution in [0.5, 0.6) is 0 Å². The van der Waals surface area contributed by atoms with Gasteiger partial charge in [0.15, 0.2) is 5.76 Å². The molecule has 0 saturated carbocycles. The van der Waals surface area contributed by atoms with Gasteiger partial charge in [0.05, 0.1) is 5.92 Å². The fourth-order valence-corrected chi connectivity index (χ4v) is 3.92. The van der Waals surface area contributed by atoms with Gasteiger partial charge in [-0.1, -0.05) is 0 Å². The SMILES string of the molecule is NC(=O)c1ccc(S(=O)(=O)N2CCN(C(=O)C3CNC3)CC2)o1. The molecule has 2 saturated heterocycles. The largest absolute Gasteiger partial charge is 0.438 e. The van der Waals surface area contributed by atoms with Crippen LogP contribution in [0.2, 0.25) is 0 Å². The van der Waals surface area contributed by atoms with Gasteiger partial charge in [-0.05, 0) is 12.1 Å². The van der Waals surface area contributed by atoms with Crippen LogP contribution in [-0.2, 0) is 14.8 Å². The number of sulfonamides is 1. The number of rotatable bonds is 4. The van der Waals surface area contributed by atoms with Gasteiger partial charge in [0, 0.05) is 39.3 Å². The fraction of sp³-hybridized carbons (Fsp3) is 0.538. The van der Waals surface area contributed by atoms with Gasteiger partial charge in [0.1, 0.15) is 0 Å². The Hall–Kier alpha value is -1.91. The van der Waals surface area contributed by atoms with Crippen molar-refractivity contribution in [1.82, 2.24) is 14.5 Å². The Bertz CT molecular complexity index is 716. The van der Waals surface area contributed by atoms with E-state index in [1.165, 1.54) is 16.4 Å². The standard InChI is InChI=1S/C13H18N4O5S/c14-12(18)10-1-2-11(22-10)23(20,21)17-5-3-16(4-6-17)13(19)9-7-15-8-9/h1-2,9,15H,3-8H2,(H2,14,18). The molecular weight excluding hydrogens is 324 g/mol. The first kappa shape index (κ1) is 16.0. The Kier molecular flexibility index (Phi) is 4.13. The van der Waals surface area contributed by atoms with E-state index in [0.29, 0.717) is 26.2 Å². The summed E-state index contributed by atoms with van der Waals surface area (Å²) in [6.45, 7) is 2.44. The van der Waals surface area contributed by atoms with E-state index in [0.717, 1.165) is 0 Å². The predicted octanol–water partition coefficient (Wildman–Crippen LogP) is -1.57. The van der Waals surface area contributed by atoms with Crippen molar-refractivity contribution >= 4 is 21.8 Å². The van der Waals surface area contributed by atoms with Crippen molar-refractivity contribution in [3.63, 3.8) is 0 Å². The maximum atomic E-state index is 12.5. The Morgan fingerprint density at radius 2 is 1.83 bits per heavy atom. The first-order chi connectivity index (χ1) is 10.9. The van der Waals surface area contributed by atoms with Gasteiger partial charge < -0.3 is 20.4 Å². The molecule has 3 heterocycles. The molecule has 2 aliphatic rings. The zero-order valence-corrected chi connectivity index (χ0v) is 13.2. The Morgan fingerprint density at radius 1 is 1.17 bits per heavy atom. The molecule has 3 N–H and O–H groups in total. The maximum Gasteiger partial charge on any atom is 0.284 e. The van der Waals surface area contributed by atoms with Crippen molar-refractivity contribution < 1.29 is 22.4 Å². The van der Waals surface area contributed by atoms with E-state index in [1.54, 1.807) is 4.90 Å². The molecule has 10 heteroatoms. The lowest BCUT2D eigenvalue weighted by Gasteiger charge is -2.37. The summed E-state index contributed by atoms with van der Waals surface area (Å²) in [7, 11) is -3.83. The zero-order valence-electron chi connectivity index (χ0n) is 12.4. The van der Waals surface area contributed by atoms with Crippen molar-refractivity contribution in [2.24, 2.45) is 11.7 Å². The summed E-state index contributed by atoms with van der Waals surface area (Å²) in [4.78, 5) is 24.8. The van der Waals surface area contributed by atoms with E-state index in [2.05, 4.69) is 5.32 Å². The van der Waals surface area contributed by atoms with Crippen molar-refractivity contribution in [3.8, 4) is 0 Å². The second-order valence-electron chi connectivity index (χ2n) is 5.57. The molecule has 3 rings (SSSR count). The normalized spacial score (nSPS) is 20.3. The summed E-state index contributed by atoms with van der Waals surface area (Å²) < 4.78 is 31.2. The summed E-state index contributed by atoms with van der Waals surface area (Å²) in [6.07, 6.45) is 0. The quantitative estimate of drug-likeness (QED) is 0.681. The van der Waals surface area contributed by atoms with E-state index < -0.39 is 15.9 Å². The lowest BCUT2D eigenvalue weighted by atomic mass is 10.0. The molecule has 9 nitrogen and oxygen atoms in total. The Labute approximate surface area is 133 Å².